The van der Waals surface area contributed by atoms with Gasteiger partial charge in [0, 0.05) is 16.5 Å². The van der Waals surface area contributed by atoms with Crippen LogP contribution in [0.25, 0.3) is 44.4 Å². The van der Waals surface area contributed by atoms with Gasteiger partial charge in [-0.05, 0) is 34.9 Å². The number of aromatic nitrogens is 1. The quantitative estimate of drug-likeness (QED) is 0.298. The van der Waals surface area contributed by atoms with E-state index in [0.717, 1.165) is 44.4 Å². The van der Waals surface area contributed by atoms with Crippen molar-refractivity contribution in [1.82, 2.24) is 4.98 Å². The van der Waals surface area contributed by atoms with E-state index in [9.17, 15) is 4.57 Å². The molecule has 0 radical (unpaired) electrons. The van der Waals surface area contributed by atoms with E-state index in [2.05, 4.69) is 36.4 Å². The van der Waals surface area contributed by atoms with Gasteiger partial charge in [0.2, 0.25) is 0 Å². The molecule has 0 unspecified atom stereocenters. The lowest BCUT2D eigenvalue weighted by Crippen LogP contribution is -2.03. The van der Waals surface area contributed by atoms with E-state index < -0.39 is 0 Å². The van der Waals surface area contributed by atoms with Crippen LogP contribution in [0.4, 0.5) is 0 Å². The standard InChI is InChI=1S/C27H18NOP/c29-30-25-18-23-16-22(19-10-4-1-5-11-19)17-24(20-12-6-2-7-13-20)26(23)28-27(25)21-14-8-3-9-15-21/h1-18H. The molecule has 0 amide bonds. The van der Waals surface area contributed by atoms with E-state index in [1.54, 1.807) is 0 Å². The Labute approximate surface area is 177 Å². The Bertz CT molecular complexity index is 1330. The molecule has 0 atom stereocenters. The Morgan fingerprint density at radius 2 is 1.13 bits per heavy atom. The minimum atomic E-state index is -0.0361. The van der Waals surface area contributed by atoms with E-state index in [1.165, 1.54) is 0 Å². The van der Waals surface area contributed by atoms with Crippen LogP contribution < -0.4 is 5.30 Å². The van der Waals surface area contributed by atoms with E-state index in [0.29, 0.717) is 5.30 Å². The molecule has 5 rings (SSSR count). The number of rotatable bonds is 4. The number of hydrogen-bond acceptors (Lipinski definition) is 2. The fourth-order valence-corrected chi connectivity index (χ4v) is 4.25. The average Bonchev–Trinajstić information content (AvgIpc) is 2.84. The maximum atomic E-state index is 12.0. The molecule has 0 fully saturated rings. The number of benzene rings is 4. The highest BCUT2D eigenvalue weighted by Crippen LogP contribution is 2.34. The lowest BCUT2D eigenvalue weighted by Gasteiger charge is -2.13. The normalized spacial score (nSPS) is 11.1. The predicted molar refractivity (Wildman–Crippen MR) is 125 cm³/mol. The molecule has 0 aliphatic heterocycles. The van der Waals surface area contributed by atoms with Gasteiger partial charge in [-0.1, -0.05) is 91.0 Å². The Balaban J connectivity index is 1.84. The maximum absolute atomic E-state index is 12.0. The van der Waals surface area contributed by atoms with Crippen LogP contribution in [-0.2, 0) is 4.57 Å². The second-order valence-electron chi connectivity index (χ2n) is 7.14. The Hall–Kier alpha value is -3.61. The minimum absolute atomic E-state index is 0.0361. The van der Waals surface area contributed by atoms with E-state index in [4.69, 9.17) is 4.98 Å². The van der Waals surface area contributed by atoms with Gasteiger partial charge in [-0.15, -0.1) is 0 Å². The van der Waals surface area contributed by atoms with E-state index >= 15 is 0 Å². The SMILES string of the molecule is O=Pc1cc2cc(-c3ccccc3)cc(-c3ccccc3)c2nc1-c1ccccc1. The summed E-state index contributed by atoms with van der Waals surface area (Å²) in [7, 11) is -0.0361. The molecule has 0 saturated carbocycles. The van der Waals surface area contributed by atoms with Crippen molar-refractivity contribution in [1.29, 1.82) is 0 Å². The highest BCUT2D eigenvalue weighted by molar-refractivity contribution is 7.34. The lowest BCUT2D eigenvalue weighted by atomic mass is 9.95. The zero-order valence-electron chi connectivity index (χ0n) is 16.2. The zero-order valence-corrected chi connectivity index (χ0v) is 17.1. The van der Waals surface area contributed by atoms with Crippen LogP contribution in [0.3, 0.4) is 0 Å². The molecule has 5 aromatic rings. The van der Waals surface area contributed by atoms with E-state index in [-0.39, 0.29) is 8.46 Å². The third kappa shape index (κ3) is 3.43. The van der Waals surface area contributed by atoms with Crippen molar-refractivity contribution in [2.24, 2.45) is 0 Å². The van der Waals surface area contributed by atoms with Crippen molar-refractivity contribution < 1.29 is 4.57 Å². The summed E-state index contributed by atoms with van der Waals surface area (Å²) >= 11 is 0. The molecule has 4 aromatic carbocycles. The van der Waals surface area contributed by atoms with Gasteiger partial charge in [-0.2, -0.15) is 0 Å². The number of nitrogens with zero attached hydrogens (tertiary/aromatic N) is 1. The molecule has 0 bridgehead atoms. The molecule has 1 aromatic heterocycles. The smallest absolute Gasteiger partial charge is 0.194 e. The summed E-state index contributed by atoms with van der Waals surface area (Å²) in [6.07, 6.45) is 0. The van der Waals surface area contributed by atoms with Gasteiger partial charge in [0.05, 0.1) is 16.5 Å². The summed E-state index contributed by atoms with van der Waals surface area (Å²) in [6.45, 7) is 0. The van der Waals surface area contributed by atoms with Crippen molar-refractivity contribution in [3.8, 4) is 33.5 Å². The second-order valence-corrected chi connectivity index (χ2v) is 7.81. The van der Waals surface area contributed by atoms with Crippen LogP contribution in [0, 0.1) is 0 Å². The minimum Gasteiger partial charge on any atom is -0.269 e. The molecule has 30 heavy (non-hydrogen) atoms. The third-order valence-corrected chi connectivity index (χ3v) is 5.77. The summed E-state index contributed by atoms with van der Waals surface area (Å²) in [6, 6.07) is 36.9. The molecule has 0 saturated heterocycles. The fourth-order valence-electron chi connectivity index (χ4n) is 3.79. The van der Waals surface area contributed by atoms with Crippen LogP contribution in [0.2, 0.25) is 0 Å². The molecular weight excluding hydrogens is 385 g/mol. The van der Waals surface area contributed by atoms with Crippen LogP contribution in [0.5, 0.6) is 0 Å². The van der Waals surface area contributed by atoms with Crippen molar-refractivity contribution in [2.75, 3.05) is 0 Å². The molecule has 0 N–H and O–H groups in total. The summed E-state index contributed by atoms with van der Waals surface area (Å²) in [5.74, 6) is 0. The van der Waals surface area contributed by atoms with Crippen molar-refractivity contribution in [3.63, 3.8) is 0 Å². The zero-order chi connectivity index (χ0) is 20.3. The van der Waals surface area contributed by atoms with Gasteiger partial charge in [-0.25, -0.2) is 4.98 Å². The lowest BCUT2D eigenvalue weighted by molar-refractivity contribution is 0.603. The monoisotopic (exact) mass is 403 g/mol. The summed E-state index contributed by atoms with van der Waals surface area (Å²) in [5.41, 5.74) is 7.06. The van der Waals surface area contributed by atoms with E-state index in [1.807, 2.05) is 72.8 Å². The summed E-state index contributed by atoms with van der Waals surface area (Å²) in [4.78, 5) is 5.02. The number of fused-ring (bicyclic) bond motifs is 1. The first-order valence-corrected chi connectivity index (χ1v) is 10.6. The first-order valence-electron chi connectivity index (χ1n) is 9.82. The molecule has 3 heteroatoms. The van der Waals surface area contributed by atoms with Crippen LogP contribution in [0.1, 0.15) is 0 Å². The second kappa shape index (κ2) is 8.02. The molecule has 142 valence electrons. The molecule has 0 spiro atoms. The Kier molecular flexibility index (Phi) is 4.93. The van der Waals surface area contributed by atoms with Gasteiger partial charge >= 0.3 is 0 Å². The van der Waals surface area contributed by atoms with Crippen molar-refractivity contribution in [2.45, 2.75) is 0 Å². The van der Waals surface area contributed by atoms with Gasteiger partial charge in [-0.3, -0.25) is 4.57 Å². The molecule has 1 heterocycles. The summed E-state index contributed by atoms with van der Waals surface area (Å²) in [5, 5.41) is 1.67. The van der Waals surface area contributed by atoms with Gasteiger partial charge in [0.1, 0.15) is 0 Å². The highest BCUT2D eigenvalue weighted by Gasteiger charge is 2.15. The Morgan fingerprint density at radius 1 is 0.567 bits per heavy atom. The van der Waals surface area contributed by atoms with Crippen LogP contribution in [0.15, 0.2) is 109 Å². The average molecular weight is 403 g/mol. The molecule has 0 aliphatic carbocycles. The van der Waals surface area contributed by atoms with Crippen molar-refractivity contribution in [3.05, 3.63) is 109 Å². The Morgan fingerprint density at radius 3 is 1.73 bits per heavy atom. The van der Waals surface area contributed by atoms with Crippen molar-refractivity contribution >= 4 is 24.7 Å². The van der Waals surface area contributed by atoms with Gasteiger partial charge in [0.25, 0.3) is 0 Å². The molecule has 0 aliphatic rings. The third-order valence-electron chi connectivity index (χ3n) is 5.24. The van der Waals surface area contributed by atoms with Gasteiger partial charge < -0.3 is 0 Å². The van der Waals surface area contributed by atoms with Crippen LogP contribution in [-0.4, -0.2) is 4.98 Å². The topological polar surface area (TPSA) is 30.0 Å². The van der Waals surface area contributed by atoms with Crippen LogP contribution >= 0.6 is 8.46 Å². The number of hydrogen-bond donors (Lipinski definition) is 0. The molecule has 2 nitrogen and oxygen atoms in total. The first-order chi connectivity index (χ1) is 14.8. The van der Waals surface area contributed by atoms with Gasteiger partial charge in [0.15, 0.2) is 8.46 Å². The first kappa shape index (κ1) is 18.4. The summed E-state index contributed by atoms with van der Waals surface area (Å²) < 4.78 is 12.0. The largest absolute Gasteiger partial charge is 0.269 e. The number of pyridine rings is 1. The highest BCUT2D eigenvalue weighted by atomic mass is 31.1. The maximum Gasteiger partial charge on any atom is 0.194 e. The fraction of sp³-hybridized carbons (Fsp3) is 0. The molecular formula is C27H18NOP. The predicted octanol–water partition coefficient (Wildman–Crippen LogP) is 7.15.